The normalized spacial score (nSPS) is 15.2. The van der Waals surface area contributed by atoms with Gasteiger partial charge in [0, 0.05) is 43.5 Å². The number of benzene rings is 1. The van der Waals surface area contributed by atoms with Gasteiger partial charge in [-0.2, -0.15) is 13.5 Å². The summed E-state index contributed by atoms with van der Waals surface area (Å²) in [7, 11) is -1.99. The highest BCUT2D eigenvalue weighted by molar-refractivity contribution is 7.90. The number of anilines is 1. The summed E-state index contributed by atoms with van der Waals surface area (Å²) in [6.07, 6.45) is 3.50. The number of primary amides is 1. The fourth-order valence-corrected chi connectivity index (χ4v) is 5.21. The molecule has 0 unspecified atom stereocenters. The Morgan fingerprint density at radius 3 is 2.54 bits per heavy atom. The van der Waals surface area contributed by atoms with E-state index in [0.29, 0.717) is 35.7 Å². The molecule has 3 N–H and O–H groups in total. The Labute approximate surface area is 203 Å². The first kappa shape index (κ1) is 24.3. The Bertz CT molecular complexity index is 1440. The van der Waals surface area contributed by atoms with E-state index in [1.165, 1.54) is 18.3 Å². The zero-order chi connectivity index (χ0) is 25.3. The standard InChI is InChI=1S/C23H27N7O4S/c1-14-18(15(2)30-23(26-14)19(13-25-30)22(24)32)10-11-21(31)27-16-6-8-17(9-7-16)35(33,34)28-20-5-4-12-29(20)3/h6-9,13H,4-5,10-12H2,1-3H3,(H2,24,32)(H,27,31)/b28-20+. The lowest BCUT2D eigenvalue weighted by Crippen LogP contribution is -2.20. The minimum Gasteiger partial charge on any atom is -0.365 e. The van der Waals surface area contributed by atoms with Crippen LogP contribution in [0.3, 0.4) is 0 Å². The van der Waals surface area contributed by atoms with Crippen molar-refractivity contribution in [1.82, 2.24) is 19.5 Å². The predicted molar refractivity (Wildman–Crippen MR) is 131 cm³/mol. The summed E-state index contributed by atoms with van der Waals surface area (Å²) >= 11 is 0. The third-order valence-corrected chi connectivity index (χ3v) is 7.39. The second-order valence-corrected chi connectivity index (χ2v) is 10.1. The fourth-order valence-electron chi connectivity index (χ4n) is 4.12. The Morgan fingerprint density at radius 2 is 1.91 bits per heavy atom. The van der Waals surface area contributed by atoms with Gasteiger partial charge in [-0.15, -0.1) is 4.40 Å². The molecule has 0 bridgehead atoms. The second kappa shape index (κ2) is 9.45. The maximum atomic E-state index is 12.6. The highest BCUT2D eigenvalue weighted by Gasteiger charge is 2.21. The van der Waals surface area contributed by atoms with Crippen molar-refractivity contribution in [3.63, 3.8) is 0 Å². The summed E-state index contributed by atoms with van der Waals surface area (Å²) in [5, 5.41) is 6.98. The molecule has 3 heterocycles. The summed E-state index contributed by atoms with van der Waals surface area (Å²) in [5.74, 6) is -0.275. The molecular weight excluding hydrogens is 470 g/mol. The van der Waals surface area contributed by atoms with Gasteiger partial charge in [-0.1, -0.05) is 0 Å². The van der Waals surface area contributed by atoms with Crippen LogP contribution in [0, 0.1) is 13.8 Å². The number of nitrogens with zero attached hydrogens (tertiary/aromatic N) is 5. The molecule has 184 valence electrons. The van der Waals surface area contributed by atoms with Gasteiger partial charge in [0.25, 0.3) is 15.9 Å². The van der Waals surface area contributed by atoms with E-state index in [2.05, 4.69) is 19.8 Å². The van der Waals surface area contributed by atoms with Gasteiger partial charge in [0.1, 0.15) is 11.4 Å². The lowest BCUT2D eigenvalue weighted by atomic mass is 10.1. The van der Waals surface area contributed by atoms with E-state index < -0.39 is 15.9 Å². The second-order valence-electron chi connectivity index (χ2n) is 8.50. The van der Waals surface area contributed by atoms with Gasteiger partial charge >= 0.3 is 0 Å². The summed E-state index contributed by atoms with van der Waals surface area (Å²) in [6.45, 7) is 4.45. The Morgan fingerprint density at radius 1 is 1.20 bits per heavy atom. The molecule has 12 heteroatoms. The maximum absolute atomic E-state index is 12.6. The van der Waals surface area contributed by atoms with Crippen molar-refractivity contribution < 1.29 is 18.0 Å². The summed E-state index contributed by atoms with van der Waals surface area (Å²) < 4.78 is 30.7. The molecule has 2 amide bonds. The van der Waals surface area contributed by atoms with E-state index in [1.807, 2.05) is 25.8 Å². The number of rotatable bonds is 7. The van der Waals surface area contributed by atoms with Gasteiger partial charge in [0.2, 0.25) is 5.91 Å². The van der Waals surface area contributed by atoms with Gasteiger partial charge in [-0.05, 0) is 56.5 Å². The number of sulfonamides is 1. The Hall–Kier alpha value is -3.80. The number of amides is 2. The third-order valence-electron chi connectivity index (χ3n) is 6.07. The van der Waals surface area contributed by atoms with Crippen molar-refractivity contribution in [2.75, 3.05) is 18.9 Å². The Kier molecular flexibility index (Phi) is 6.57. The number of aromatic nitrogens is 3. The van der Waals surface area contributed by atoms with Crippen molar-refractivity contribution in [1.29, 1.82) is 0 Å². The van der Waals surface area contributed by atoms with Gasteiger partial charge in [-0.3, -0.25) is 9.59 Å². The topological polar surface area (TPSA) is 152 Å². The van der Waals surface area contributed by atoms with Crippen LogP contribution in [0.4, 0.5) is 5.69 Å². The fraction of sp³-hybridized carbons (Fsp3) is 0.348. The first-order valence-corrected chi connectivity index (χ1v) is 12.6. The zero-order valence-corrected chi connectivity index (χ0v) is 20.6. The van der Waals surface area contributed by atoms with Crippen molar-refractivity contribution in [2.24, 2.45) is 10.1 Å². The number of amidine groups is 1. The minimum atomic E-state index is -3.81. The third kappa shape index (κ3) is 5.02. The summed E-state index contributed by atoms with van der Waals surface area (Å²) in [5.41, 5.74) is 8.82. The lowest BCUT2D eigenvalue weighted by Gasteiger charge is -2.12. The van der Waals surface area contributed by atoms with Crippen LogP contribution in [0.5, 0.6) is 0 Å². The van der Waals surface area contributed by atoms with E-state index in [1.54, 1.807) is 16.6 Å². The van der Waals surface area contributed by atoms with Crippen molar-refractivity contribution in [3.8, 4) is 0 Å². The number of hydrogen-bond acceptors (Lipinski definition) is 6. The van der Waals surface area contributed by atoms with E-state index in [0.717, 1.165) is 24.2 Å². The molecule has 1 aliphatic heterocycles. The van der Waals surface area contributed by atoms with E-state index >= 15 is 0 Å². The quantitative estimate of drug-likeness (QED) is 0.505. The average molecular weight is 498 g/mol. The van der Waals surface area contributed by atoms with Crippen LogP contribution in [0.1, 0.15) is 46.6 Å². The number of nitrogens with two attached hydrogens (primary N) is 1. The van der Waals surface area contributed by atoms with E-state index in [4.69, 9.17) is 5.73 Å². The molecule has 1 aliphatic rings. The van der Waals surface area contributed by atoms with Gasteiger partial charge in [0.05, 0.1) is 11.1 Å². The van der Waals surface area contributed by atoms with Crippen LogP contribution in [0.2, 0.25) is 0 Å². The smallest absolute Gasteiger partial charge is 0.283 e. The molecule has 0 aliphatic carbocycles. The average Bonchev–Trinajstić information content (AvgIpc) is 3.40. The highest BCUT2D eigenvalue weighted by Crippen LogP contribution is 2.21. The van der Waals surface area contributed by atoms with Crippen LogP contribution in [-0.4, -0.2) is 59.2 Å². The lowest BCUT2D eigenvalue weighted by molar-refractivity contribution is -0.116. The van der Waals surface area contributed by atoms with Gasteiger partial charge < -0.3 is 16.0 Å². The minimum absolute atomic E-state index is 0.0727. The van der Waals surface area contributed by atoms with Crippen molar-refractivity contribution in [2.45, 2.75) is 44.4 Å². The summed E-state index contributed by atoms with van der Waals surface area (Å²) in [4.78, 5) is 30.5. The molecule has 11 nitrogen and oxygen atoms in total. The predicted octanol–water partition coefficient (Wildman–Crippen LogP) is 1.83. The SMILES string of the molecule is Cc1nc2c(C(N)=O)cnn2c(C)c1CCC(=O)Nc1ccc(S(=O)(=O)/N=C2\CCCN2C)cc1. The number of fused-ring (bicyclic) bond motifs is 1. The monoisotopic (exact) mass is 497 g/mol. The number of likely N-dealkylation sites (tertiary alicyclic amines) is 1. The van der Waals surface area contributed by atoms with Crippen LogP contribution < -0.4 is 11.1 Å². The van der Waals surface area contributed by atoms with Crippen molar-refractivity contribution in [3.05, 3.63) is 53.0 Å². The van der Waals surface area contributed by atoms with E-state index in [-0.39, 0.29) is 22.8 Å². The molecule has 2 aromatic heterocycles. The Balaban J connectivity index is 1.42. The van der Waals surface area contributed by atoms with Crippen LogP contribution in [0.25, 0.3) is 5.65 Å². The number of aryl methyl sites for hydroxylation is 2. The van der Waals surface area contributed by atoms with Crippen molar-refractivity contribution >= 4 is 39.0 Å². The first-order chi connectivity index (χ1) is 16.6. The molecule has 1 fully saturated rings. The molecule has 0 atom stereocenters. The number of hydrogen-bond donors (Lipinski definition) is 2. The molecule has 35 heavy (non-hydrogen) atoms. The number of carbonyl (C=O) groups is 2. The molecule has 0 spiro atoms. The molecule has 0 radical (unpaired) electrons. The molecule has 1 saturated heterocycles. The maximum Gasteiger partial charge on any atom is 0.283 e. The largest absolute Gasteiger partial charge is 0.365 e. The van der Waals surface area contributed by atoms with Crippen LogP contribution in [0.15, 0.2) is 39.8 Å². The first-order valence-electron chi connectivity index (χ1n) is 11.2. The highest BCUT2D eigenvalue weighted by atomic mass is 32.2. The molecular formula is C23H27N7O4S. The molecule has 1 aromatic carbocycles. The number of carbonyl (C=O) groups excluding carboxylic acids is 2. The van der Waals surface area contributed by atoms with Gasteiger partial charge in [-0.25, -0.2) is 9.50 Å². The van der Waals surface area contributed by atoms with Gasteiger partial charge in [0.15, 0.2) is 5.65 Å². The molecule has 3 aromatic rings. The summed E-state index contributed by atoms with van der Waals surface area (Å²) in [6, 6.07) is 5.96. The van der Waals surface area contributed by atoms with E-state index in [9.17, 15) is 18.0 Å². The van der Waals surface area contributed by atoms with Crippen LogP contribution >= 0.6 is 0 Å². The molecule has 4 rings (SSSR count). The number of nitrogens with one attached hydrogen (secondary N) is 1. The zero-order valence-electron chi connectivity index (χ0n) is 19.8. The van der Waals surface area contributed by atoms with Crippen LogP contribution in [-0.2, 0) is 21.2 Å². The molecule has 0 saturated carbocycles.